The fourth-order valence-corrected chi connectivity index (χ4v) is 3.24. The molecule has 2 unspecified atom stereocenters. The zero-order chi connectivity index (χ0) is 13.7. The number of nitrogens with one attached hydrogen (secondary N) is 1. The molecule has 0 aliphatic carbocycles. The number of carbonyl (C=O) groups is 1. The van der Waals surface area contributed by atoms with Crippen LogP contribution in [0, 0.1) is 11.8 Å². The summed E-state index contributed by atoms with van der Waals surface area (Å²) < 4.78 is 5.41. The number of nitrogens with zero attached hydrogens (tertiary/aromatic N) is 1. The molecule has 4 heteroatoms. The van der Waals surface area contributed by atoms with Crippen molar-refractivity contribution in [1.82, 2.24) is 10.2 Å². The van der Waals surface area contributed by atoms with E-state index >= 15 is 0 Å². The molecular weight excluding hydrogens is 240 g/mol. The third kappa shape index (κ3) is 4.77. The highest BCUT2D eigenvalue weighted by molar-refractivity contribution is 5.77. The van der Waals surface area contributed by atoms with Crippen LogP contribution in [0.15, 0.2) is 0 Å². The molecule has 0 aromatic rings. The van der Waals surface area contributed by atoms with Crippen LogP contribution in [0.1, 0.15) is 39.5 Å². The zero-order valence-electron chi connectivity index (χ0n) is 12.4. The molecule has 2 atom stereocenters. The fourth-order valence-electron chi connectivity index (χ4n) is 3.24. The Morgan fingerprint density at radius 2 is 2.32 bits per heavy atom. The van der Waals surface area contributed by atoms with Crippen LogP contribution in [0.25, 0.3) is 0 Å². The summed E-state index contributed by atoms with van der Waals surface area (Å²) in [4.78, 5) is 14.4. The highest BCUT2D eigenvalue weighted by atomic mass is 16.5. The van der Waals surface area contributed by atoms with Crippen LogP contribution in [0.5, 0.6) is 0 Å². The first-order valence-electron chi connectivity index (χ1n) is 7.74. The van der Waals surface area contributed by atoms with Gasteiger partial charge in [0, 0.05) is 32.1 Å². The van der Waals surface area contributed by atoms with Crippen molar-refractivity contribution in [3.8, 4) is 0 Å². The van der Waals surface area contributed by atoms with Crippen LogP contribution in [-0.2, 0) is 9.53 Å². The van der Waals surface area contributed by atoms with Crippen molar-refractivity contribution in [3.05, 3.63) is 0 Å². The highest BCUT2D eigenvalue weighted by Crippen LogP contribution is 2.23. The van der Waals surface area contributed by atoms with E-state index in [-0.39, 0.29) is 6.04 Å². The number of hydrogen-bond donors (Lipinski definition) is 1. The molecule has 0 spiro atoms. The number of amides is 1. The first-order valence-corrected chi connectivity index (χ1v) is 7.74. The summed E-state index contributed by atoms with van der Waals surface area (Å²) in [5.74, 6) is 1.73. The van der Waals surface area contributed by atoms with Crippen LogP contribution in [0.3, 0.4) is 0 Å². The standard InChI is InChI=1S/C15H28N2O2/c1-12(2)8-13-4-3-6-17(10-13)15(18)9-14-11-19-7-5-16-14/h12-14,16H,3-11H2,1-2H3. The van der Waals surface area contributed by atoms with Gasteiger partial charge in [-0.2, -0.15) is 0 Å². The molecule has 0 radical (unpaired) electrons. The van der Waals surface area contributed by atoms with Gasteiger partial charge in [-0.3, -0.25) is 4.79 Å². The quantitative estimate of drug-likeness (QED) is 0.843. The molecule has 2 aliphatic heterocycles. The molecule has 2 aliphatic rings. The molecule has 19 heavy (non-hydrogen) atoms. The Labute approximate surface area is 116 Å². The van der Waals surface area contributed by atoms with Crippen molar-refractivity contribution >= 4 is 5.91 Å². The number of ether oxygens (including phenoxy) is 1. The molecule has 2 fully saturated rings. The SMILES string of the molecule is CC(C)CC1CCCN(C(=O)CC2COCCN2)C1. The lowest BCUT2D eigenvalue weighted by Gasteiger charge is -2.35. The van der Waals surface area contributed by atoms with Gasteiger partial charge in [0.2, 0.25) is 5.91 Å². The molecule has 2 saturated heterocycles. The van der Waals surface area contributed by atoms with Gasteiger partial charge in [0.1, 0.15) is 0 Å². The van der Waals surface area contributed by atoms with E-state index in [1.165, 1.54) is 12.8 Å². The summed E-state index contributed by atoms with van der Waals surface area (Å²) in [5, 5.41) is 3.36. The highest BCUT2D eigenvalue weighted by Gasteiger charge is 2.26. The second kappa shape index (κ2) is 7.25. The summed E-state index contributed by atoms with van der Waals surface area (Å²) in [7, 11) is 0. The van der Waals surface area contributed by atoms with Gasteiger partial charge >= 0.3 is 0 Å². The summed E-state index contributed by atoms with van der Waals surface area (Å²) in [6.45, 7) is 8.76. The maximum atomic E-state index is 12.3. The van der Waals surface area contributed by atoms with Gasteiger partial charge in [-0.1, -0.05) is 13.8 Å². The fraction of sp³-hybridized carbons (Fsp3) is 0.933. The Morgan fingerprint density at radius 1 is 1.47 bits per heavy atom. The van der Waals surface area contributed by atoms with Crippen LogP contribution >= 0.6 is 0 Å². The molecule has 110 valence electrons. The lowest BCUT2D eigenvalue weighted by molar-refractivity contribution is -0.134. The minimum atomic E-state index is 0.215. The third-order valence-corrected chi connectivity index (χ3v) is 4.10. The van der Waals surface area contributed by atoms with Crippen molar-refractivity contribution < 1.29 is 9.53 Å². The van der Waals surface area contributed by atoms with Gasteiger partial charge in [0.25, 0.3) is 0 Å². The van der Waals surface area contributed by atoms with E-state index in [9.17, 15) is 4.79 Å². The Morgan fingerprint density at radius 3 is 3.00 bits per heavy atom. The first kappa shape index (κ1) is 14.8. The van der Waals surface area contributed by atoms with Crippen molar-refractivity contribution in [2.75, 3.05) is 32.8 Å². The molecule has 1 N–H and O–H groups in total. The van der Waals surface area contributed by atoms with E-state index in [2.05, 4.69) is 24.1 Å². The number of morpholine rings is 1. The summed E-state index contributed by atoms with van der Waals surface area (Å²) in [5.41, 5.74) is 0. The van der Waals surface area contributed by atoms with E-state index in [0.717, 1.165) is 38.6 Å². The van der Waals surface area contributed by atoms with Gasteiger partial charge < -0.3 is 15.0 Å². The monoisotopic (exact) mass is 268 g/mol. The third-order valence-electron chi connectivity index (χ3n) is 4.10. The van der Waals surface area contributed by atoms with E-state index in [0.29, 0.717) is 24.9 Å². The number of carbonyl (C=O) groups excluding carboxylic acids is 1. The Hall–Kier alpha value is -0.610. The van der Waals surface area contributed by atoms with E-state index in [1.807, 2.05) is 0 Å². The average molecular weight is 268 g/mol. The maximum Gasteiger partial charge on any atom is 0.224 e. The van der Waals surface area contributed by atoms with Crippen LogP contribution < -0.4 is 5.32 Å². The van der Waals surface area contributed by atoms with Crippen molar-refractivity contribution in [2.45, 2.75) is 45.6 Å². The van der Waals surface area contributed by atoms with Gasteiger partial charge in [-0.15, -0.1) is 0 Å². The molecule has 4 nitrogen and oxygen atoms in total. The molecule has 0 bridgehead atoms. The second-order valence-electron chi connectivity index (χ2n) is 6.41. The number of piperidine rings is 1. The normalized spacial score (nSPS) is 28.7. The van der Waals surface area contributed by atoms with Gasteiger partial charge in [0.15, 0.2) is 0 Å². The average Bonchev–Trinajstić information content (AvgIpc) is 2.39. The summed E-state index contributed by atoms with van der Waals surface area (Å²) >= 11 is 0. The molecule has 0 aromatic carbocycles. The predicted molar refractivity (Wildman–Crippen MR) is 76.0 cm³/mol. The Kier molecular flexibility index (Phi) is 5.64. The number of hydrogen-bond acceptors (Lipinski definition) is 3. The van der Waals surface area contributed by atoms with E-state index in [4.69, 9.17) is 4.74 Å². The molecule has 0 aromatic heterocycles. The minimum Gasteiger partial charge on any atom is -0.378 e. The lowest BCUT2D eigenvalue weighted by Crippen LogP contribution is -2.47. The maximum absolute atomic E-state index is 12.3. The van der Waals surface area contributed by atoms with Crippen molar-refractivity contribution in [3.63, 3.8) is 0 Å². The summed E-state index contributed by atoms with van der Waals surface area (Å²) in [6, 6.07) is 0.215. The van der Waals surface area contributed by atoms with Crippen molar-refractivity contribution in [2.24, 2.45) is 11.8 Å². The summed E-state index contributed by atoms with van der Waals surface area (Å²) in [6.07, 6.45) is 4.29. The van der Waals surface area contributed by atoms with Crippen LogP contribution in [-0.4, -0.2) is 49.7 Å². The van der Waals surface area contributed by atoms with Crippen LogP contribution in [0.2, 0.25) is 0 Å². The Bertz CT molecular complexity index is 288. The second-order valence-corrected chi connectivity index (χ2v) is 6.41. The Balaban J connectivity index is 1.77. The topological polar surface area (TPSA) is 41.6 Å². The first-order chi connectivity index (χ1) is 9.15. The lowest BCUT2D eigenvalue weighted by atomic mass is 9.89. The molecule has 0 saturated carbocycles. The molecule has 2 rings (SSSR count). The predicted octanol–water partition coefficient (Wildman–Crippen LogP) is 1.65. The zero-order valence-corrected chi connectivity index (χ0v) is 12.4. The van der Waals surface area contributed by atoms with E-state index < -0.39 is 0 Å². The smallest absolute Gasteiger partial charge is 0.224 e. The minimum absolute atomic E-state index is 0.215. The van der Waals surface area contributed by atoms with Gasteiger partial charge in [-0.05, 0) is 31.1 Å². The molecule has 2 heterocycles. The van der Waals surface area contributed by atoms with Gasteiger partial charge in [-0.25, -0.2) is 0 Å². The number of likely N-dealkylation sites (tertiary alicyclic amines) is 1. The molecule has 1 amide bonds. The van der Waals surface area contributed by atoms with E-state index in [1.54, 1.807) is 0 Å². The van der Waals surface area contributed by atoms with Crippen molar-refractivity contribution in [1.29, 1.82) is 0 Å². The number of rotatable bonds is 4. The van der Waals surface area contributed by atoms with Crippen LogP contribution in [0.4, 0.5) is 0 Å². The van der Waals surface area contributed by atoms with Gasteiger partial charge in [0.05, 0.1) is 13.2 Å². The molecular formula is C15H28N2O2. The largest absolute Gasteiger partial charge is 0.378 e.